The highest BCUT2D eigenvalue weighted by atomic mass is 35.5. The van der Waals surface area contributed by atoms with Gasteiger partial charge in [0.1, 0.15) is 0 Å². The summed E-state index contributed by atoms with van der Waals surface area (Å²) >= 11 is 0. The summed E-state index contributed by atoms with van der Waals surface area (Å²) in [5.74, 6) is 0.732. The third-order valence-electron chi connectivity index (χ3n) is 3.65. The molecule has 0 spiro atoms. The van der Waals surface area contributed by atoms with Crippen molar-refractivity contribution >= 4 is 42.4 Å². The third-order valence-corrected chi connectivity index (χ3v) is 3.65. The van der Waals surface area contributed by atoms with Gasteiger partial charge in [-0.3, -0.25) is 0 Å². The van der Waals surface area contributed by atoms with E-state index in [1.807, 2.05) is 4.90 Å². The molecule has 0 saturated carbocycles. The quantitative estimate of drug-likeness (QED) is 0.559. The zero-order chi connectivity index (χ0) is 17.0. The van der Waals surface area contributed by atoms with Crippen LogP contribution in [-0.4, -0.2) is 29.9 Å². The molecule has 1 atom stereocenters. The molecular weight excluding hydrogens is 378 g/mol. The Hall–Kier alpha value is -1.67. The van der Waals surface area contributed by atoms with Gasteiger partial charge in [0.25, 0.3) is 0 Å². The number of piperidine rings is 1. The normalized spacial score (nSPS) is 19.0. The summed E-state index contributed by atoms with van der Waals surface area (Å²) in [5.41, 5.74) is 11.2. The van der Waals surface area contributed by atoms with Crippen molar-refractivity contribution in [3.05, 3.63) is 29.8 Å². The third kappa shape index (κ3) is 6.99. The molecule has 0 aromatic heterocycles. The van der Waals surface area contributed by atoms with Gasteiger partial charge in [-0.2, -0.15) is 18.2 Å². The molecular formula is C15H22Cl2F3N5. The summed E-state index contributed by atoms with van der Waals surface area (Å²) in [6, 6.07) is 4.38. The molecule has 4 N–H and O–H groups in total. The lowest BCUT2D eigenvalue weighted by atomic mass is 10.0. The summed E-state index contributed by atoms with van der Waals surface area (Å²) in [6.07, 6.45) is -2.19. The molecule has 2 rings (SSSR count). The number of guanidine groups is 2. The molecule has 1 aliphatic rings. The molecule has 0 radical (unpaired) electrons. The minimum Gasteiger partial charge on any atom is -0.369 e. The van der Waals surface area contributed by atoms with Gasteiger partial charge < -0.3 is 16.4 Å². The minimum atomic E-state index is -4.37. The van der Waals surface area contributed by atoms with E-state index in [0.29, 0.717) is 11.6 Å². The standard InChI is InChI=1S/C15H20F3N5.2ClH/c1-10-3-2-8-23(9-10)14(20)22-13(19)21-12-6-4-11(5-7-12)15(16,17)18;;/h4-7,10H,2-3,8-9H2,1H3,(H4,19,20,21,22);2*1H. The van der Waals surface area contributed by atoms with E-state index in [1.165, 1.54) is 12.1 Å². The maximum atomic E-state index is 12.5. The number of aliphatic imine (C=N–C) groups is 2. The average Bonchev–Trinajstić information content (AvgIpc) is 2.46. The average molecular weight is 400 g/mol. The monoisotopic (exact) mass is 399 g/mol. The molecule has 1 aromatic rings. The van der Waals surface area contributed by atoms with Gasteiger partial charge in [-0.05, 0) is 43.0 Å². The van der Waals surface area contributed by atoms with Crippen molar-refractivity contribution in [1.29, 1.82) is 0 Å². The van der Waals surface area contributed by atoms with E-state index in [4.69, 9.17) is 11.5 Å². The smallest absolute Gasteiger partial charge is 0.369 e. The van der Waals surface area contributed by atoms with E-state index in [-0.39, 0.29) is 36.7 Å². The Balaban J connectivity index is 0.00000288. The van der Waals surface area contributed by atoms with Gasteiger partial charge in [0.2, 0.25) is 5.96 Å². The fourth-order valence-electron chi connectivity index (χ4n) is 2.47. The summed E-state index contributed by atoms with van der Waals surface area (Å²) in [4.78, 5) is 9.93. The number of halogens is 5. The van der Waals surface area contributed by atoms with Crippen LogP contribution in [0.5, 0.6) is 0 Å². The van der Waals surface area contributed by atoms with Gasteiger partial charge in [-0.25, -0.2) is 4.99 Å². The largest absolute Gasteiger partial charge is 0.416 e. The number of nitrogens with zero attached hydrogens (tertiary/aromatic N) is 3. The molecule has 1 unspecified atom stereocenters. The Bertz CT molecular complexity index is 602. The lowest BCUT2D eigenvalue weighted by Crippen LogP contribution is -2.44. The second kappa shape index (κ2) is 9.72. The summed E-state index contributed by atoms with van der Waals surface area (Å²) < 4.78 is 37.5. The second-order valence-electron chi connectivity index (χ2n) is 5.68. The van der Waals surface area contributed by atoms with Crippen molar-refractivity contribution in [3.8, 4) is 0 Å². The molecule has 0 amide bonds. The van der Waals surface area contributed by atoms with E-state index in [1.54, 1.807) is 0 Å². The van der Waals surface area contributed by atoms with Crippen LogP contribution in [0.25, 0.3) is 0 Å². The molecule has 1 fully saturated rings. The highest BCUT2D eigenvalue weighted by Gasteiger charge is 2.29. The molecule has 25 heavy (non-hydrogen) atoms. The Morgan fingerprint density at radius 3 is 2.28 bits per heavy atom. The molecule has 1 aromatic carbocycles. The van der Waals surface area contributed by atoms with Crippen LogP contribution in [0.2, 0.25) is 0 Å². The topological polar surface area (TPSA) is 80.0 Å². The van der Waals surface area contributed by atoms with Gasteiger partial charge in [0.05, 0.1) is 11.3 Å². The highest BCUT2D eigenvalue weighted by Crippen LogP contribution is 2.30. The molecule has 1 saturated heterocycles. The Kier molecular flexibility index (Phi) is 9.07. The van der Waals surface area contributed by atoms with Gasteiger partial charge in [0.15, 0.2) is 5.96 Å². The SMILES string of the molecule is CC1CCCN(/C(N)=N/C(N)=Nc2ccc(C(F)(F)F)cc2)C1.Cl.Cl. The maximum absolute atomic E-state index is 12.5. The maximum Gasteiger partial charge on any atom is 0.416 e. The van der Waals surface area contributed by atoms with Crippen molar-refractivity contribution in [2.24, 2.45) is 27.4 Å². The molecule has 1 heterocycles. The Morgan fingerprint density at radius 2 is 1.76 bits per heavy atom. The van der Waals surface area contributed by atoms with Crippen LogP contribution in [0.1, 0.15) is 25.3 Å². The molecule has 1 aliphatic heterocycles. The molecule has 0 aliphatic carbocycles. The summed E-state index contributed by atoms with van der Waals surface area (Å²) in [5, 5.41) is 0. The van der Waals surface area contributed by atoms with Gasteiger partial charge in [0, 0.05) is 13.1 Å². The van der Waals surface area contributed by atoms with Crippen molar-refractivity contribution in [1.82, 2.24) is 4.90 Å². The Labute approximate surface area is 157 Å². The number of benzene rings is 1. The van der Waals surface area contributed by atoms with E-state index >= 15 is 0 Å². The van der Waals surface area contributed by atoms with Gasteiger partial charge in [-0.1, -0.05) is 6.92 Å². The highest BCUT2D eigenvalue weighted by molar-refractivity contribution is 5.94. The number of alkyl halides is 3. The van der Waals surface area contributed by atoms with E-state index < -0.39 is 11.7 Å². The lowest BCUT2D eigenvalue weighted by Gasteiger charge is -2.31. The molecule has 142 valence electrons. The van der Waals surface area contributed by atoms with Crippen LogP contribution in [0, 0.1) is 5.92 Å². The summed E-state index contributed by atoms with van der Waals surface area (Å²) in [6.45, 7) is 3.76. The van der Waals surface area contributed by atoms with E-state index in [0.717, 1.165) is 38.1 Å². The van der Waals surface area contributed by atoms with Gasteiger partial charge >= 0.3 is 6.18 Å². The van der Waals surface area contributed by atoms with Crippen LogP contribution in [0.4, 0.5) is 18.9 Å². The Morgan fingerprint density at radius 1 is 1.16 bits per heavy atom. The van der Waals surface area contributed by atoms with E-state index in [9.17, 15) is 13.2 Å². The first kappa shape index (κ1) is 23.3. The van der Waals surface area contributed by atoms with Crippen LogP contribution in [-0.2, 0) is 6.18 Å². The number of hydrogen-bond donors (Lipinski definition) is 2. The zero-order valence-corrected chi connectivity index (χ0v) is 15.3. The number of rotatable bonds is 1. The first-order valence-corrected chi connectivity index (χ1v) is 7.36. The van der Waals surface area contributed by atoms with Crippen molar-refractivity contribution in [2.45, 2.75) is 25.9 Å². The molecule has 10 heteroatoms. The van der Waals surface area contributed by atoms with Crippen LogP contribution < -0.4 is 11.5 Å². The zero-order valence-electron chi connectivity index (χ0n) is 13.7. The van der Waals surface area contributed by atoms with Crippen molar-refractivity contribution < 1.29 is 13.2 Å². The lowest BCUT2D eigenvalue weighted by molar-refractivity contribution is -0.137. The predicted molar refractivity (Wildman–Crippen MR) is 98.8 cm³/mol. The molecule has 5 nitrogen and oxygen atoms in total. The van der Waals surface area contributed by atoms with E-state index in [2.05, 4.69) is 16.9 Å². The fraction of sp³-hybridized carbons (Fsp3) is 0.467. The number of likely N-dealkylation sites (tertiary alicyclic amines) is 1. The van der Waals surface area contributed by atoms with Crippen LogP contribution >= 0.6 is 24.8 Å². The fourth-order valence-corrected chi connectivity index (χ4v) is 2.47. The first-order chi connectivity index (χ1) is 10.8. The number of hydrogen-bond acceptors (Lipinski definition) is 1. The van der Waals surface area contributed by atoms with Crippen molar-refractivity contribution in [3.63, 3.8) is 0 Å². The minimum absolute atomic E-state index is 0. The predicted octanol–water partition coefficient (Wildman–Crippen LogP) is 3.54. The summed E-state index contributed by atoms with van der Waals surface area (Å²) in [7, 11) is 0. The van der Waals surface area contributed by atoms with Crippen LogP contribution in [0.15, 0.2) is 34.3 Å². The van der Waals surface area contributed by atoms with Gasteiger partial charge in [-0.15, -0.1) is 24.8 Å². The molecule has 0 bridgehead atoms. The first-order valence-electron chi connectivity index (χ1n) is 7.36. The van der Waals surface area contributed by atoms with Crippen molar-refractivity contribution in [2.75, 3.05) is 13.1 Å². The second-order valence-corrected chi connectivity index (χ2v) is 5.68. The number of nitrogens with two attached hydrogens (primary N) is 2. The van der Waals surface area contributed by atoms with Crippen LogP contribution in [0.3, 0.4) is 0 Å².